The third kappa shape index (κ3) is 7.04. The summed E-state index contributed by atoms with van der Waals surface area (Å²) in [6.45, 7) is 21.2. The predicted molar refractivity (Wildman–Crippen MR) is 224 cm³/mol. The van der Waals surface area contributed by atoms with Crippen LogP contribution in [-0.2, 0) is 42.1 Å². The molecule has 1 aliphatic heterocycles. The van der Waals surface area contributed by atoms with E-state index in [2.05, 4.69) is 211 Å². The van der Waals surface area contributed by atoms with Crippen LogP contribution >= 0.6 is 0 Å². The Morgan fingerprint density at radius 2 is 1.16 bits per heavy atom. The summed E-state index contributed by atoms with van der Waals surface area (Å²) < 4.78 is 12.6. The van der Waals surface area contributed by atoms with E-state index < -0.39 is 0 Å². The van der Waals surface area contributed by atoms with Gasteiger partial charge in [-0.05, 0) is 17.0 Å². The van der Waals surface area contributed by atoms with Crippen LogP contribution in [0.15, 0.2) is 128 Å². The Morgan fingerprint density at radius 3 is 1.84 bits per heavy atom. The molecule has 3 heterocycles. The third-order valence-electron chi connectivity index (χ3n) is 10.7. The minimum atomic E-state index is 0.0102. The monoisotopic (exact) mass is 905 g/mol. The fourth-order valence-corrected chi connectivity index (χ4v) is 8.60. The van der Waals surface area contributed by atoms with Crippen LogP contribution in [0.3, 0.4) is 0 Å². The molecule has 5 aromatic carbocycles. The van der Waals surface area contributed by atoms with Crippen molar-refractivity contribution in [1.82, 2.24) is 14.1 Å². The summed E-state index contributed by atoms with van der Waals surface area (Å²) in [5.41, 5.74) is 13.2. The fraction of sp³-hybridized carbons (Fsp3) is 0.265. The average Bonchev–Trinajstić information content (AvgIpc) is 3.44. The quantitative estimate of drug-likeness (QED) is 0.173. The van der Waals surface area contributed by atoms with Crippen molar-refractivity contribution in [2.24, 2.45) is 0 Å². The maximum absolute atomic E-state index is 6.74. The summed E-state index contributed by atoms with van der Waals surface area (Å²) in [7, 11) is 0. The zero-order valence-electron chi connectivity index (χ0n) is 33.3. The molecular formula is C49H50N4OPt. The molecule has 2 aromatic heterocycles. The molecule has 6 heteroatoms. The van der Waals surface area contributed by atoms with Gasteiger partial charge in [-0.25, -0.2) is 0 Å². The fourth-order valence-electron chi connectivity index (χ4n) is 7.47. The van der Waals surface area contributed by atoms with Crippen molar-refractivity contribution in [2.75, 3.05) is 4.90 Å². The molecule has 5 nitrogen and oxygen atoms in total. The number of fused-ring (bicyclic) bond motifs is 4. The van der Waals surface area contributed by atoms with Gasteiger partial charge in [-0.1, -0.05) is 39.0 Å². The second-order valence-corrected chi connectivity index (χ2v) is 18.9. The van der Waals surface area contributed by atoms with Crippen molar-refractivity contribution < 1.29 is 24.1 Å². The molecule has 7 aromatic rings. The first-order chi connectivity index (χ1) is 26.1. The van der Waals surface area contributed by atoms with Crippen LogP contribution in [0.4, 0.5) is 11.5 Å². The second kappa shape index (κ2) is 13.6. The molecule has 0 aliphatic carbocycles. The molecule has 55 heavy (non-hydrogen) atoms. The van der Waals surface area contributed by atoms with Crippen molar-refractivity contribution in [2.45, 2.75) is 85.1 Å². The number of aromatic nitrogens is 3. The van der Waals surface area contributed by atoms with E-state index in [1.54, 1.807) is 0 Å². The van der Waals surface area contributed by atoms with Gasteiger partial charge in [0.05, 0.1) is 0 Å². The number of imidazole rings is 1. The number of benzene rings is 5. The summed E-state index contributed by atoms with van der Waals surface area (Å²) in [6.07, 6.45) is 1.93. The molecule has 0 unspecified atom stereocenters. The number of ether oxygens (including phenoxy) is 1. The molecule has 8 rings (SSSR count). The molecule has 0 saturated carbocycles. The van der Waals surface area contributed by atoms with Gasteiger partial charge in [0.25, 0.3) is 0 Å². The summed E-state index contributed by atoms with van der Waals surface area (Å²) in [4.78, 5) is 7.20. The zero-order valence-corrected chi connectivity index (χ0v) is 35.6. The summed E-state index contributed by atoms with van der Waals surface area (Å²) >= 11 is 2.49. The van der Waals surface area contributed by atoms with Gasteiger partial charge in [-0.2, -0.15) is 0 Å². The third-order valence-corrected chi connectivity index (χ3v) is 11.7. The first-order valence-corrected chi connectivity index (χ1v) is 20.3. The molecule has 282 valence electrons. The summed E-state index contributed by atoms with van der Waals surface area (Å²) in [6, 6.07) is 43.7. The van der Waals surface area contributed by atoms with Crippen LogP contribution in [0.25, 0.3) is 33.5 Å². The number of para-hydroxylation sites is 2. The Morgan fingerprint density at radius 1 is 0.545 bits per heavy atom. The van der Waals surface area contributed by atoms with Crippen LogP contribution in [0, 0.1) is 3.80 Å². The van der Waals surface area contributed by atoms with Crippen molar-refractivity contribution >= 4 is 22.5 Å². The van der Waals surface area contributed by atoms with Gasteiger partial charge < -0.3 is 0 Å². The normalized spacial score (nSPS) is 13.2. The molecule has 0 saturated heterocycles. The maximum atomic E-state index is 6.74. The van der Waals surface area contributed by atoms with E-state index in [0.29, 0.717) is 0 Å². The SMILES string of the molecule is CC(C)(C)c1cc(-n2[c](=[Pt])n(-c3cccc(Oc4ccc5c(c4)N(c4cc(C(C)(C)C)ccn4)Cc4ccccc4-5)c3)c3ccccc32)cc(C(C)(C)C)c1. The van der Waals surface area contributed by atoms with Crippen molar-refractivity contribution in [3.8, 4) is 34.0 Å². The zero-order chi connectivity index (χ0) is 38.9. The number of rotatable bonds is 5. The Bertz CT molecular complexity index is 2610. The van der Waals surface area contributed by atoms with Crippen LogP contribution in [0.1, 0.15) is 84.6 Å². The average molecular weight is 906 g/mol. The number of anilines is 2. The van der Waals surface area contributed by atoms with Crippen LogP contribution in [-0.4, -0.2) is 14.1 Å². The molecule has 0 bridgehead atoms. The van der Waals surface area contributed by atoms with Gasteiger partial charge in [0.1, 0.15) is 0 Å². The van der Waals surface area contributed by atoms with Gasteiger partial charge in [0.2, 0.25) is 0 Å². The van der Waals surface area contributed by atoms with Crippen LogP contribution in [0.2, 0.25) is 0 Å². The van der Waals surface area contributed by atoms with E-state index in [1.807, 2.05) is 12.3 Å². The number of hydrogen-bond donors (Lipinski definition) is 0. The van der Waals surface area contributed by atoms with Gasteiger partial charge in [-0.15, -0.1) is 0 Å². The predicted octanol–water partition coefficient (Wildman–Crippen LogP) is 12.9. The summed E-state index contributed by atoms with van der Waals surface area (Å²) in [5, 5.41) is 0. The topological polar surface area (TPSA) is 35.2 Å². The molecule has 0 fully saturated rings. The van der Waals surface area contributed by atoms with Gasteiger partial charge >= 0.3 is 276 Å². The second-order valence-electron chi connectivity index (χ2n) is 17.8. The van der Waals surface area contributed by atoms with Crippen LogP contribution in [0.5, 0.6) is 11.5 Å². The van der Waals surface area contributed by atoms with E-state index in [1.165, 1.54) is 39.1 Å². The number of nitrogens with zero attached hydrogens (tertiary/aromatic N) is 4. The van der Waals surface area contributed by atoms with Crippen molar-refractivity contribution in [1.29, 1.82) is 0 Å². The molecule has 0 amide bonds. The van der Waals surface area contributed by atoms with Gasteiger partial charge in [0.15, 0.2) is 0 Å². The van der Waals surface area contributed by atoms with E-state index in [-0.39, 0.29) is 16.2 Å². The Hall–Kier alpha value is -4.99. The molecule has 0 spiro atoms. The van der Waals surface area contributed by atoms with E-state index >= 15 is 0 Å². The molecule has 0 atom stereocenters. The minimum absolute atomic E-state index is 0.0102. The van der Waals surface area contributed by atoms with Gasteiger partial charge in [0, 0.05) is 6.20 Å². The van der Waals surface area contributed by atoms with Crippen LogP contribution < -0.4 is 9.64 Å². The summed E-state index contributed by atoms with van der Waals surface area (Å²) in [5.74, 6) is 2.49. The first-order valence-electron chi connectivity index (χ1n) is 19.2. The Balaban J connectivity index is 1.20. The van der Waals surface area contributed by atoms with Crippen molar-refractivity contribution in [3.05, 3.63) is 154 Å². The first kappa shape index (κ1) is 37.0. The molecule has 0 N–H and O–H groups in total. The van der Waals surface area contributed by atoms with E-state index in [9.17, 15) is 0 Å². The molecular weight excluding hydrogens is 856 g/mol. The number of hydrogen-bond acceptors (Lipinski definition) is 3. The van der Waals surface area contributed by atoms with E-state index in [4.69, 9.17) is 9.72 Å². The Labute approximate surface area is 336 Å². The van der Waals surface area contributed by atoms with E-state index in [0.717, 1.165) is 50.1 Å². The van der Waals surface area contributed by atoms with Crippen molar-refractivity contribution in [3.63, 3.8) is 0 Å². The molecule has 1 aliphatic rings. The standard InChI is InChI=1S/C49H50N4O.Pt/c1-47(2,3)34-23-24-50-46(28-34)51-31-33-15-10-11-18-41(33)42-22-21-40(30-45(42)51)54-39-17-14-16-37(29-39)52-32-53(44-20-13-12-19-43(44)52)38-26-35(48(4,5)6)25-36(27-38)49(7,8)9;/h10-30H,31H2,1-9H3;. The number of pyridine rings is 1. The van der Waals surface area contributed by atoms with Gasteiger partial charge in [-0.3, -0.25) is 0 Å². The Kier molecular flexibility index (Phi) is 9.16. The molecule has 0 radical (unpaired) electrons.